The third-order valence-corrected chi connectivity index (χ3v) is 9.79. The van der Waals surface area contributed by atoms with Gasteiger partial charge in [0, 0.05) is 29.9 Å². The zero-order valence-electron chi connectivity index (χ0n) is 28.2. The molecule has 49 heavy (non-hydrogen) atoms. The van der Waals surface area contributed by atoms with E-state index in [2.05, 4.69) is 25.5 Å². The van der Waals surface area contributed by atoms with Gasteiger partial charge in [0.25, 0.3) is 5.91 Å². The molecule has 0 aromatic carbocycles. The van der Waals surface area contributed by atoms with Crippen molar-refractivity contribution in [1.29, 1.82) is 0 Å². The Balaban J connectivity index is 1.29. The van der Waals surface area contributed by atoms with Crippen LogP contribution in [0.3, 0.4) is 0 Å². The molecule has 1 aliphatic carbocycles. The van der Waals surface area contributed by atoms with Crippen molar-refractivity contribution in [2.75, 3.05) is 25.1 Å². The fourth-order valence-electron chi connectivity index (χ4n) is 5.11. The summed E-state index contributed by atoms with van der Waals surface area (Å²) in [6, 6.07) is 1.89. The molecule has 266 valence electrons. The molecule has 5 rings (SSSR count). The highest BCUT2D eigenvalue weighted by atomic mass is 32.1. The number of anilines is 1. The smallest absolute Gasteiger partial charge is 0.379 e. The number of phosphoric acid groups is 1. The lowest BCUT2D eigenvalue weighted by Crippen LogP contribution is -2.24. The normalized spacial score (nSPS) is 16.9. The number of ether oxygens (including phenoxy) is 1. The number of nitrogens with zero attached hydrogens (tertiary/aromatic N) is 6. The second-order valence-electron chi connectivity index (χ2n) is 12.6. The number of amides is 1. The molecule has 0 atom stereocenters. The van der Waals surface area contributed by atoms with Gasteiger partial charge in [0.1, 0.15) is 22.1 Å². The Labute approximate surface area is 288 Å². The highest BCUT2D eigenvalue weighted by molar-refractivity contribution is 7.48. The Kier molecular flexibility index (Phi) is 12.4. The quantitative estimate of drug-likeness (QED) is 0.0901. The van der Waals surface area contributed by atoms with Gasteiger partial charge < -0.3 is 10.1 Å². The molecule has 0 spiro atoms. The summed E-state index contributed by atoms with van der Waals surface area (Å²) in [5.41, 5.74) is 0.579. The predicted molar refractivity (Wildman–Crippen MR) is 180 cm³/mol. The first-order valence-corrected chi connectivity index (χ1v) is 18.6. The number of aromatic nitrogens is 6. The predicted octanol–water partition coefficient (Wildman–Crippen LogP) is 7.74. The summed E-state index contributed by atoms with van der Waals surface area (Å²) >= 11 is 1.21. The van der Waals surface area contributed by atoms with E-state index in [4.69, 9.17) is 18.3 Å². The number of hydrogen-bond acceptors (Lipinski definition) is 11. The number of nitrogens with one attached hydrogen (secondary N) is 1. The minimum absolute atomic E-state index is 0.0124. The van der Waals surface area contributed by atoms with Crippen molar-refractivity contribution in [2.24, 2.45) is 11.8 Å². The molecule has 0 radical (unpaired) electrons. The lowest BCUT2D eigenvalue weighted by Gasteiger charge is -2.28. The van der Waals surface area contributed by atoms with Gasteiger partial charge in [-0.05, 0) is 56.6 Å². The van der Waals surface area contributed by atoms with E-state index in [0.717, 1.165) is 37.8 Å². The average Bonchev–Trinajstić information content (AvgIpc) is 3.84. The van der Waals surface area contributed by atoms with Crippen molar-refractivity contribution in [3.05, 3.63) is 53.6 Å². The van der Waals surface area contributed by atoms with Gasteiger partial charge in [-0.1, -0.05) is 27.7 Å². The summed E-state index contributed by atoms with van der Waals surface area (Å²) in [6.07, 6.45) is 8.20. The zero-order valence-corrected chi connectivity index (χ0v) is 29.9. The SMILES string of the molecule is CCO[C@H]1CC[C@H](n2cc(NC(=O)c3csc(-c4cnn(COP(=O)(OCC(C)C)OCC(C)C)c4)n3)c(-c3nc(F)ccc3F)n2)CC1. The fraction of sp³-hybridized carbons (Fsp3) is 0.531. The lowest BCUT2D eigenvalue weighted by atomic mass is 9.93. The van der Waals surface area contributed by atoms with Gasteiger partial charge in [-0.2, -0.15) is 14.6 Å². The maximum atomic E-state index is 14.9. The molecule has 13 nitrogen and oxygen atoms in total. The van der Waals surface area contributed by atoms with E-state index in [9.17, 15) is 18.1 Å². The summed E-state index contributed by atoms with van der Waals surface area (Å²) in [5, 5.41) is 13.7. The number of pyridine rings is 1. The van der Waals surface area contributed by atoms with Crippen molar-refractivity contribution < 1.29 is 36.4 Å². The van der Waals surface area contributed by atoms with Crippen LogP contribution < -0.4 is 5.32 Å². The van der Waals surface area contributed by atoms with E-state index in [1.165, 1.54) is 16.0 Å². The third-order valence-electron chi connectivity index (χ3n) is 7.53. The Bertz CT molecular complexity index is 1740. The second-order valence-corrected chi connectivity index (χ2v) is 15.1. The molecule has 17 heteroatoms. The Morgan fingerprint density at radius 2 is 1.73 bits per heavy atom. The Hall–Kier alpha value is -3.40. The maximum Gasteiger partial charge on any atom is 0.476 e. The number of halogens is 2. The average molecular weight is 722 g/mol. The van der Waals surface area contributed by atoms with Crippen LogP contribution in [0.5, 0.6) is 0 Å². The summed E-state index contributed by atoms with van der Waals surface area (Å²) in [7, 11) is -3.83. The molecule has 1 aliphatic rings. The van der Waals surface area contributed by atoms with Crippen LogP contribution in [-0.4, -0.2) is 61.4 Å². The van der Waals surface area contributed by atoms with Gasteiger partial charge in [0.2, 0.25) is 5.95 Å². The van der Waals surface area contributed by atoms with E-state index in [1.54, 1.807) is 28.7 Å². The van der Waals surface area contributed by atoms with Crippen LogP contribution in [0.25, 0.3) is 22.0 Å². The van der Waals surface area contributed by atoms with Crippen molar-refractivity contribution in [3.63, 3.8) is 0 Å². The maximum absolute atomic E-state index is 14.9. The first-order valence-electron chi connectivity index (χ1n) is 16.3. The molecule has 0 aliphatic heterocycles. The van der Waals surface area contributed by atoms with Crippen molar-refractivity contribution in [2.45, 2.75) is 79.2 Å². The lowest BCUT2D eigenvalue weighted by molar-refractivity contribution is 0.0260. The Morgan fingerprint density at radius 3 is 2.41 bits per heavy atom. The van der Waals surface area contributed by atoms with Crippen LogP contribution in [0.4, 0.5) is 14.5 Å². The topological polar surface area (TPSA) is 145 Å². The van der Waals surface area contributed by atoms with Gasteiger partial charge >= 0.3 is 7.82 Å². The summed E-state index contributed by atoms with van der Waals surface area (Å²) in [6.45, 7) is 10.5. The van der Waals surface area contributed by atoms with E-state index >= 15 is 0 Å². The summed E-state index contributed by atoms with van der Waals surface area (Å²) in [5.74, 6) is -1.96. The Morgan fingerprint density at radius 1 is 1.02 bits per heavy atom. The molecular weight excluding hydrogens is 679 g/mol. The molecule has 0 bridgehead atoms. The van der Waals surface area contributed by atoms with Gasteiger partial charge in [-0.3, -0.25) is 23.0 Å². The van der Waals surface area contributed by atoms with Gasteiger partial charge in [0.15, 0.2) is 12.5 Å². The van der Waals surface area contributed by atoms with E-state index in [0.29, 0.717) is 17.2 Å². The minimum atomic E-state index is -3.83. The first-order chi connectivity index (χ1) is 23.4. The highest BCUT2D eigenvalue weighted by Gasteiger charge is 2.29. The van der Waals surface area contributed by atoms with Gasteiger partial charge in [0.05, 0.1) is 37.2 Å². The number of carbonyl (C=O) groups is 1. The van der Waals surface area contributed by atoms with E-state index in [1.807, 2.05) is 34.6 Å². The summed E-state index contributed by atoms with van der Waals surface area (Å²) in [4.78, 5) is 21.6. The van der Waals surface area contributed by atoms with Crippen LogP contribution in [-0.2, 0) is 29.6 Å². The monoisotopic (exact) mass is 721 g/mol. The van der Waals surface area contributed by atoms with Crippen molar-refractivity contribution in [3.8, 4) is 22.0 Å². The number of hydrogen-bond donors (Lipinski definition) is 1. The number of rotatable bonds is 16. The minimum Gasteiger partial charge on any atom is -0.379 e. The van der Waals surface area contributed by atoms with Crippen LogP contribution in [0.15, 0.2) is 36.1 Å². The van der Waals surface area contributed by atoms with Crippen LogP contribution >= 0.6 is 19.2 Å². The van der Waals surface area contributed by atoms with Crippen molar-refractivity contribution in [1.82, 2.24) is 29.5 Å². The largest absolute Gasteiger partial charge is 0.476 e. The third kappa shape index (κ3) is 9.86. The highest BCUT2D eigenvalue weighted by Crippen LogP contribution is 2.50. The molecule has 0 saturated heterocycles. The molecule has 4 aromatic heterocycles. The van der Waals surface area contributed by atoms with E-state index in [-0.39, 0.29) is 66.7 Å². The van der Waals surface area contributed by atoms with Crippen LogP contribution in [0.1, 0.15) is 76.8 Å². The molecule has 1 N–H and O–H groups in total. The second kappa shape index (κ2) is 16.5. The fourth-order valence-corrected chi connectivity index (χ4v) is 7.33. The molecule has 4 aromatic rings. The molecule has 1 saturated carbocycles. The van der Waals surface area contributed by atoms with Crippen LogP contribution in [0.2, 0.25) is 0 Å². The van der Waals surface area contributed by atoms with Gasteiger partial charge in [-0.25, -0.2) is 23.6 Å². The summed E-state index contributed by atoms with van der Waals surface area (Å²) < 4.78 is 67.6. The molecule has 0 unspecified atom stereocenters. The van der Waals surface area contributed by atoms with Gasteiger partial charge in [-0.15, -0.1) is 11.3 Å². The standard InChI is InChI=1S/C32H42F2N7O6PS/c1-6-44-24-9-7-23(8-10-24)41-15-26(30(39-41)29-25(33)11-12-28(34)38-29)36-31(42)27-18-49-32(37-27)22-13-35-40(14-22)19-47-48(43,45-16-20(2)3)46-17-21(4)5/h11-15,18,20-21,23-24H,6-10,16-17,19H2,1-5H3,(H,36,42)/t23-,24-. The van der Waals surface area contributed by atoms with E-state index < -0.39 is 25.5 Å². The molecule has 1 fully saturated rings. The van der Waals surface area contributed by atoms with Crippen molar-refractivity contribution >= 4 is 30.8 Å². The molecule has 1 amide bonds. The van der Waals surface area contributed by atoms with Crippen LogP contribution in [0, 0.1) is 23.6 Å². The number of phosphoric ester groups is 1. The zero-order chi connectivity index (χ0) is 35.1. The first kappa shape index (κ1) is 36.9. The molecular formula is C32H42F2N7O6PS. The molecule has 4 heterocycles. The number of thiazole rings is 1. The number of carbonyl (C=O) groups excluding carboxylic acids is 1.